The molecule has 76 valence electrons. The van der Waals surface area contributed by atoms with Crippen molar-refractivity contribution < 1.29 is 14.6 Å². The molecule has 6 nitrogen and oxygen atoms in total. The highest BCUT2D eigenvalue weighted by molar-refractivity contribution is 5.93. The number of H-pyrrole nitrogens is 1. The molecule has 0 unspecified atom stereocenters. The maximum atomic E-state index is 11.2. The van der Waals surface area contributed by atoms with Crippen LogP contribution < -0.4 is 11.3 Å². The molecule has 0 fully saturated rings. The number of aromatic nitrogens is 1. The van der Waals surface area contributed by atoms with Gasteiger partial charge >= 0.3 is 5.97 Å². The number of carbonyl (C=O) groups is 1. The zero-order chi connectivity index (χ0) is 10.7. The number of hydrogen-bond donors (Lipinski definition) is 3. The van der Waals surface area contributed by atoms with E-state index in [1.54, 1.807) is 6.92 Å². The number of nitrogens with two attached hydrogens (primary N) is 1. The first-order valence-electron chi connectivity index (χ1n) is 3.95. The maximum Gasteiger partial charge on any atom is 0.343 e. The van der Waals surface area contributed by atoms with Gasteiger partial charge in [0.05, 0.1) is 6.61 Å². The van der Waals surface area contributed by atoms with Gasteiger partial charge in [-0.05, 0) is 6.92 Å². The summed E-state index contributed by atoms with van der Waals surface area (Å²) in [6.07, 6.45) is 1.06. The molecule has 1 aromatic heterocycles. The van der Waals surface area contributed by atoms with Gasteiger partial charge < -0.3 is 20.6 Å². The van der Waals surface area contributed by atoms with Crippen molar-refractivity contribution >= 4 is 11.7 Å². The van der Waals surface area contributed by atoms with Crippen LogP contribution >= 0.6 is 0 Å². The Morgan fingerprint density at radius 2 is 2.36 bits per heavy atom. The minimum atomic E-state index is -0.729. The molecule has 4 N–H and O–H groups in total. The second-order valence-corrected chi connectivity index (χ2v) is 2.51. The predicted molar refractivity (Wildman–Crippen MR) is 49.1 cm³/mol. The van der Waals surface area contributed by atoms with Gasteiger partial charge in [0, 0.05) is 6.20 Å². The number of pyridine rings is 1. The van der Waals surface area contributed by atoms with E-state index < -0.39 is 23.0 Å². The first-order valence-corrected chi connectivity index (χ1v) is 3.95. The van der Waals surface area contributed by atoms with Crippen LogP contribution in [0.15, 0.2) is 11.0 Å². The van der Waals surface area contributed by atoms with Crippen molar-refractivity contribution in [3.8, 4) is 5.75 Å². The lowest BCUT2D eigenvalue weighted by atomic mass is 10.2. The van der Waals surface area contributed by atoms with E-state index in [1.165, 1.54) is 0 Å². The van der Waals surface area contributed by atoms with Gasteiger partial charge in [-0.25, -0.2) is 4.79 Å². The van der Waals surface area contributed by atoms with Crippen molar-refractivity contribution in [2.45, 2.75) is 6.92 Å². The molecule has 0 aliphatic heterocycles. The van der Waals surface area contributed by atoms with Gasteiger partial charge in [0.1, 0.15) is 11.3 Å². The van der Waals surface area contributed by atoms with Gasteiger partial charge in [0.15, 0.2) is 5.75 Å². The topological polar surface area (TPSA) is 105 Å². The third kappa shape index (κ3) is 1.68. The third-order valence-electron chi connectivity index (χ3n) is 1.60. The molecule has 1 heterocycles. The molecule has 0 amide bonds. The monoisotopic (exact) mass is 198 g/mol. The average molecular weight is 198 g/mol. The summed E-state index contributed by atoms with van der Waals surface area (Å²) in [6, 6.07) is 0. The lowest BCUT2D eigenvalue weighted by Crippen LogP contribution is -2.15. The lowest BCUT2D eigenvalue weighted by molar-refractivity contribution is 0.0522. The molecule has 0 spiro atoms. The smallest absolute Gasteiger partial charge is 0.343 e. The molecule has 0 saturated heterocycles. The number of nitrogen functional groups attached to an aromatic ring is 1. The molecule has 0 radical (unpaired) electrons. The van der Waals surface area contributed by atoms with E-state index in [0.717, 1.165) is 6.20 Å². The largest absolute Gasteiger partial charge is 0.505 e. The molecule has 1 rings (SSSR count). The molecular weight excluding hydrogens is 188 g/mol. The Labute approximate surface area is 79.3 Å². The molecule has 14 heavy (non-hydrogen) atoms. The highest BCUT2D eigenvalue weighted by Gasteiger charge is 2.16. The predicted octanol–water partition coefficient (Wildman–Crippen LogP) is -0.161. The number of nitrogens with one attached hydrogen (secondary N) is 1. The summed E-state index contributed by atoms with van der Waals surface area (Å²) < 4.78 is 4.63. The zero-order valence-corrected chi connectivity index (χ0v) is 7.53. The summed E-state index contributed by atoms with van der Waals surface area (Å²) in [6.45, 7) is 1.81. The Bertz CT molecular complexity index is 410. The fraction of sp³-hybridized carbons (Fsp3) is 0.250. The first-order chi connectivity index (χ1) is 6.57. The van der Waals surface area contributed by atoms with Crippen molar-refractivity contribution in [3.63, 3.8) is 0 Å². The number of carbonyl (C=O) groups excluding carboxylic acids is 1. The number of rotatable bonds is 2. The van der Waals surface area contributed by atoms with Gasteiger partial charge in [0.25, 0.3) is 5.56 Å². The van der Waals surface area contributed by atoms with Gasteiger partial charge in [0.2, 0.25) is 0 Å². The highest BCUT2D eigenvalue weighted by Crippen LogP contribution is 2.20. The van der Waals surface area contributed by atoms with E-state index in [0.29, 0.717) is 0 Å². The Hall–Kier alpha value is -1.98. The van der Waals surface area contributed by atoms with E-state index in [-0.39, 0.29) is 12.2 Å². The summed E-state index contributed by atoms with van der Waals surface area (Å²) in [5.41, 5.74) is 4.03. The Kier molecular flexibility index (Phi) is 2.76. The molecule has 6 heteroatoms. The first kappa shape index (κ1) is 10.1. The summed E-state index contributed by atoms with van der Waals surface area (Å²) in [5, 5.41) is 9.33. The molecular formula is C8H10N2O4. The number of hydrogen-bond acceptors (Lipinski definition) is 5. The van der Waals surface area contributed by atoms with Crippen LogP contribution in [0.4, 0.5) is 5.69 Å². The molecule has 0 saturated carbocycles. The number of anilines is 1. The third-order valence-corrected chi connectivity index (χ3v) is 1.60. The minimum Gasteiger partial charge on any atom is -0.505 e. The fourth-order valence-corrected chi connectivity index (χ4v) is 0.901. The number of esters is 1. The molecule has 0 aliphatic rings. The normalized spacial score (nSPS) is 9.79. The van der Waals surface area contributed by atoms with Crippen molar-refractivity contribution in [1.29, 1.82) is 0 Å². The van der Waals surface area contributed by atoms with Crippen LogP contribution in [0.25, 0.3) is 0 Å². The molecule has 0 aliphatic carbocycles. The average Bonchev–Trinajstić information content (AvgIpc) is 2.15. The highest BCUT2D eigenvalue weighted by atomic mass is 16.5. The SMILES string of the molecule is CCOC(=O)c1c[nH]c(=O)c(N)c1O. The zero-order valence-electron chi connectivity index (χ0n) is 7.53. The molecule has 1 aromatic rings. The van der Waals surface area contributed by atoms with E-state index in [4.69, 9.17) is 5.73 Å². The van der Waals surface area contributed by atoms with Crippen LogP contribution in [0, 0.1) is 0 Å². The summed E-state index contributed by atoms with van der Waals surface area (Å²) in [4.78, 5) is 24.3. The summed E-state index contributed by atoms with van der Waals surface area (Å²) >= 11 is 0. The second kappa shape index (κ2) is 3.82. The second-order valence-electron chi connectivity index (χ2n) is 2.51. The van der Waals surface area contributed by atoms with Gasteiger partial charge in [-0.1, -0.05) is 0 Å². The standard InChI is InChI=1S/C8H10N2O4/c1-2-14-8(13)4-3-10-7(12)5(9)6(4)11/h3H,2,9H2,1H3,(H2,10,11,12). The van der Waals surface area contributed by atoms with Crippen molar-refractivity contribution in [2.24, 2.45) is 0 Å². The van der Waals surface area contributed by atoms with Crippen molar-refractivity contribution in [3.05, 3.63) is 22.1 Å². The molecule has 0 aromatic carbocycles. The van der Waals surface area contributed by atoms with Gasteiger partial charge in [-0.3, -0.25) is 4.79 Å². The summed E-state index contributed by atoms with van der Waals surface area (Å²) in [7, 11) is 0. The van der Waals surface area contributed by atoms with Crippen LogP contribution in [0.1, 0.15) is 17.3 Å². The Balaban J connectivity index is 3.18. The lowest BCUT2D eigenvalue weighted by Gasteiger charge is -2.04. The molecule has 0 bridgehead atoms. The quantitative estimate of drug-likeness (QED) is 0.572. The Morgan fingerprint density at radius 3 is 2.93 bits per heavy atom. The van der Waals surface area contributed by atoms with E-state index in [9.17, 15) is 14.7 Å². The summed E-state index contributed by atoms with van der Waals surface area (Å²) in [5.74, 6) is -1.28. The fourth-order valence-electron chi connectivity index (χ4n) is 0.901. The number of ether oxygens (including phenoxy) is 1. The van der Waals surface area contributed by atoms with Crippen LogP contribution in [0.2, 0.25) is 0 Å². The maximum absolute atomic E-state index is 11.2. The van der Waals surface area contributed by atoms with Crippen molar-refractivity contribution in [2.75, 3.05) is 12.3 Å². The minimum absolute atomic E-state index is 0.149. The number of aromatic hydroxyl groups is 1. The van der Waals surface area contributed by atoms with Crippen LogP contribution in [-0.4, -0.2) is 22.7 Å². The van der Waals surface area contributed by atoms with Crippen LogP contribution in [0.5, 0.6) is 5.75 Å². The Morgan fingerprint density at radius 1 is 1.71 bits per heavy atom. The van der Waals surface area contributed by atoms with E-state index in [2.05, 4.69) is 9.72 Å². The van der Waals surface area contributed by atoms with Gasteiger partial charge in [-0.15, -0.1) is 0 Å². The molecule has 0 atom stereocenters. The van der Waals surface area contributed by atoms with Gasteiger partial charge in [-0.2, -0.15) is 0 Å². The van der Waals surface area contributed by atoms with Crippen LogP contribution in [0.3, 0.4) is 0 Å². The number of aromatic amines is 1. The van der Waals surface area contributed by atoms with Crippen LogP contribution in [-0.2, 0) is 4.74 Å². The van der Waals surface area contributed by atoms with E-state index >= 15 is 0 Å². The van der Waals surface area contributed by atoms with Crippen molar-refractivity contribution in [1.82, 2.24) is 4.98 Å². The van der Waals surface area contributed by atoms with E-state index in [1.807, 2.05) is 0 Å².